The number of primary amides is 1. The first kappa shape index (κ1) is 8.86. The van der Waals surface area contributed by atoms with Crippen molar-refractivity contribution < 1.29 is 4.79 Å². The van der Waals surface area contributed by atoms with E-state index in [1.165, 1.54) is 7.05 Å². The number of nitrogens with zero attached hydrogens (tertiary/aromatic N) is 1. The van der Waals surface area contributed by atoms with Gasteiger partial charge in [-0.1, -0.05) is 7.05 Å². The van der Waals surface area contributed by atoms with E-state index in [-0.39, 0.29) is 0 Å². The van der Waals surface area contributed by atoms with E-state index in [0.29, 0.717) is 0 Å². The molecule has 0 aromatic rings. The number of urea groups is 1. The first-order chi connectivity index (χ1) is 2.27. The second-order valence-electron chi connectivity index (χ2n) is 0.562. The van der Waals surface area contributed by atoms with Crippen molar-refractivity contribution in [3.63, 3.8) is 0 Å². The Balaban J connectivity index is 0. The van der Waals surface area contributed by atoms with E-state index in [0.717, 1.165) is 0 Å². The van der Waals surface area contributed by atoms with Gasteiger partial charge in [0.05, 0.1) is 0 Å². The molecular formula is C2H5N2NoO-. The van der Waals surface area contributed by atoms with Crippen molar-refractivity contribution in [2.24, 2.45) is 5.73 Å². The predicted octanol–water partition coefficient (Wildman–Crippen LogP) is 0.0686. The molecule has 44 valence electrons. The van der Waals surface area contributed by atoms with Gasteiger partial charge in [0.2, 0.25) is 0 Å². The van der Waals surface area contributed by atoms with Gasteiger partial charge in [-0.2, -0.15) is 0 Å². The molecule has 0 aromatic heterocycles. The van der Waals surface area contributed by atoms with Crippen LogP contribution in [0, 0.1) is 0 Å². The van der Waals surface area contributed by atoms with Crippen LogP contribution in [-0.2, 0) is 0 Å². The molecule has 0 spiro atoms. The zero-order valence-electron chi connectivity index (χ0n) is 3.20. The molecule has 0 saturated heterocycles. The fourth-order valence-electron chi connectivity index (χ4n) is 0. The summed E-state index contributed by atoms with van der Waals surface area (Å²) in [6.45, 7) is 0. The molecule has 0 aliphatic carbocycles. The van der Waals surface area contributed by atoms with Crippen LogP contribution in [0.2, 0.25) is 0 Å². The fourth-order valence-corrected chi connectivity index (χ4v) is 0. The van der Waals surface area contributed by atoms with Crippen LogP contribution in [0.15, 0.2) is 0 Å². The minimum absolute atomic E-state index is 0. The molecule has 4 heteroatoms. The largest absolute Gasteiger partial charge is 0.463 e. The summed E-state index contributed by atoms with van der Waals surface area (Å²) in [7, 11) is 1.35. The zero-order chi connectivity index (χ0) is 4.28. The molecular weight excluding hydrogens is 327 g/mol. The van der Waals surface area contributed by atoms with Gasteiger partial charge in [0.25, 0.3) is 0 Å². The van der Waals surface area contributed by atoms with Crippen molar-refractivity contribution >= 4 is 6.03 Å². The minimum atomic E-state index is -0.620. The Kier molecular flexibility index (Phi) is 4.83. The summed E-state index contributed by atoms with van der Waals surface area (Å²) in [6, 6.07) is -0.620. The van der Waals surface area contributed by atoms with E-state index in [1.807, 2.05) is 0 Å². The number of carbonyl (C=O) groups is 1. The van der Waals surface area contributed by atoms with Gasteiger partial charge in [0.1, 0.15) is 6.03 Å². The average molecular weight is 332 g/mol. The van der Waals surface area contributed by atoms with Crippen LogP contribution < -0.4 is 5.73 Å². The molecule has 2 N–H and O–H groups in total. The van der Waals surface area contributed by atoms with Gasteiger partial charge in [0, 0.05) is 0 Å². The van der Waals surface area contributed by atoms with Crippen LogP contribution in [0.4, 0.5) is 4.79 Å². The Hall–Kier alpha value is -1.73. The number of hydrogen-bond donors (Lipinski definition) is 1. The molecule has 0 aromatic carbocycles. The average Bonchev–Trinajstić information content (AvgIpc) is 1.38. The smallest absolute Gasteiger partial charge is 0.150 e. The molecule has 6 heavy (non-hydrogen) atoms. The second kappa shape index (κ2) is 3.27. The second-order valence-corrected chi connectivity index (χ2v) is 0.562. The third-order valence-electron chi connectivity index (χ3n) is 0.220. The van der Waals surface area contributed by atoms with Crippen molar-refractivity contribution in [2.75, 3.05) is 7.05 Å². The maximum atomic E-state index is 9.42. The van der Waals surface area contributed by atoms with Gasteiger partial charge < -0.3 is 11.1 Å². The van der Waals surface area contributed by atoms with E-state index >= 15 is 0 Å². The Labute approximate surface area is 30.2 Å². The molecule has 0 heterocycles. The Morgan fingerprint density at radius 2 is 2.00 bits per heavy atom. The van der Waals surface area contributed by atoms with Gasteiger partial charge in [0.15, 0.2) is 0 Å². The standard InChI is InChI=1S/C2H6N2O.No/c1-4-2(3)5;/h1H3,(H3,3,4,5);/p-1. The van der Waals surface area contributed by atoms with Crippen molar-refractivity contribution in [2.45, 2.75) is 0 Å². The van der Waals surface area contributed by atoms with Crippen LogP contribution in [0.1, 0.15) is 0 Å². The van der Waals surface area contributed by atoms with Gasteiger partial charge in [-0.05, 0) is 0 Å². The fraction of sp³-hybridized carbons (Fsp3) is 0.500. The van der Waals surface area contributed by atoms with Crippen LogP contribution in [-0.4, -0.2) is 13.1 Å². The molecule has 0 bridgehead atoms. The van der Waals surface area contributed by atoms with Crippen molar-refractivity contribution in [3.05, 3.63) is 5.32 Å². The van der Waals surface area contributed by atoms with Crippen LogP contribution in [0.3, 0.4) is 0 Å². The number of rotatable bonds is 0. The number of carbonyl (C=O) groups excluding carboxylic acids is 1. The van der Waals surface area contributed by atoms with Crippen LogP contribution in [0.5, 0.6) is 0 Å². The van der Waals surface area contributed by atoms with E-state index in [2.05, 4.69) is 11.1 Å². The maximum Gasteiger partial charge on any atom is 0.150 e. The molecule has 0 rings (SSSR count). The van der Waals surface area contributed by atoms with Crippen molar-refractivity contribution in [3.8, 4) is 0 Å². The summed E-state index contributed by atoms with van der Waals surface area (Å²) in [6.07, 6.45) is 0. The number of amides is 2. The van der Waals surface area contributed by atoms with E-state index in [9.17, 15) is 4.79 Å². The summed E-state index contributed by atoms with van der Waals surface area (Å²) in [4.78, 5) is 9.42. The summed E-state index contributed by atoms with van der Waals surface area (Å²) in [5.74, 6) is 0. The normalized spacial score (nSPS) is 5.50. The van der Waals surface area contributed by atoms with Crippen LogP contribution >= 0.6 is 0 Å². The molecule has 0 unspecified atom stereocenters. The van der Waals surface area contributed by atoms with Crippen LogP contribution in [0.25, 0.3) is 5.32 Å². The maximum absolute atomic E-state index is 9.42. The summed E-state index contributed by atoms with van der Waals surface area (Å²) >= 11 is 0. The Morgan fingerprint density at radius 3 is 2.00 bits per heavy atom. The van der Waals surface area contributed by atoms with E-state index in [4.69, 9.17) is 0 Å². The molecule has 0 radical (unpaired) electrons. The molecule has 0 aliphatic heterocycles. The molecule has 0 atom stereocenters. The summed E-state index contributed by atoms with van der Waals surface area (Å²) in [5, 5.41) is 3.03. The first-order valence-corrected chi connectivity index (χ1v) is 1.16. The number of hydrogen-bond acceptors (Lipinski definition) is 1. The monoisotopic (exact) mass is 332 g/mol. The zero-order valence-corrected chi connectivity index (χ0v) is 5.43. The third kappa shape index (κ3) is 50.2. The molecule has 0 fully saturated rings. The summed E-state index contributed by atoms with van der Waals surface area (Å²) < 4.78 is 0. The van der Waals surface area contributed by atoms with Gasteiger partial charge >= 0.3 is 0 Å². The van der Waals surface area contributed by atoms with Gasteiger partial charge in [-0.25, -0.2) is 0 Å². The predicted molar refractivity (Wildman–Crippen MR) is 18.9 cm³/mol. The Bertz CT molecular complexity index is 46.8. The van der Waals surface area contributed by atoms with Gasteiger partial charge in [-0.3, -0.25) is 4.79 Å². The molecule has 0 aliphatic rings. The quantitative estimate of drug-likeness (QED) is 0.671. The molecule has 2 amide bonds. The van der Waals surface area contributed by atoms with Crippen molar-refractivity contribution in [1.29, 1.82) is 0 Å². The third-order valence-corrected chi connectivity index (χ3v) is 0.220. The SMILES string of the molecule is C[N-]C(N)=O.[No]. The first-order valence-electron chi connectivity index (χ1n) is 1.16. The summed E-state index contributed by atoms with van der Waals surface area (Å²) in [5.41, 5.74) is 4.49. The minimum Gasteiger partial charge on any atom is -0.463 e. The van der Waals surface area contributed by atoms with Gasteiger partial charge in [-0.15, -0.1) is 0 Å². The van der Waals surface area contributed by atoms with E-state index < -0.39 is 6.03 Å². The van der Waals surface area contributed by atoms with E-state index in [1.54, 1.807) is 0 Å². The number of nitrogens with two attached hydrogens (primary N) is 1. The topological polar surface area (TPSA) is 57.2 Å². The Morgan fingerprint density at radius 1 is 1.83 bits per heavy atom. The molecule has 0 saturated carbocycles. The molecule has 3 nitrogen and oxygen atoms in total. The van der Waals surface area contributed by atoms with Crippen molar-refractivity contribution in [1.82, 2.24) is 0 Å².